The van der Waals surface area contributed by atoms with Crippen molar-refractivity contribution in [3.8, 4) is 0 Å². The van der Waals surface area contributed by atoms with Crippen LogP contribution in [-0.2, 0) is 6.54 Å². The number of aryl methyl sites for hydroxylation is 1. The Morgan fingerprint density at radius 2 is 0.737 bits per heavy atom. The predicted molar refractivity (Wildman–Crippen MR) is 231 cm³/mol. The van der Waals surface area contributed by atoms with Gasteiger partial charge in [0.05, 0.1) is 0 Å². The molecule has 2 aromatic heterocycles. The summed E-state index contributed by atoms with van der Waals surface area (Å²) in [5, 5.41) is 0. The maximum absolute atomic E-state index is 10.7. The fourth-order valence-corrected chi connectivity index (χ4v) is 7.84. The third kappa shape index (κ3) is 24.3. The van der Waals surface area contributed by atoms with Crippen LogP contribution >= 0.6 is 7.81 Å². The van der Waals surface area contributed by atoms with Gasteiger partial charge in [-0.2, -0.15) is 0 Å². The number of rotatable bonds is 23. The van der Waals surface area contributed by atoms with Crippen LogP contribution in [0.3, 0.4) is 0 Å². The van der Waals surface area contributed by atoms with E-state index in [1.165, 1.54) is 125 Å². The molecule has 9 heteroatoms. The van der Waals surface area contributed by atoms with E-state index < -0.39 is 7.81 Å². The summed E-state index contributed by atoms with van der Waals surface area (Å²) in [5.74, 6) is 2.86. The summed E-state index contributed by atoms with van der Waals surface area (Å²) in [7, 11) is -10.7. The molecule has 0 fully saturated rings. The molecule has 0 spiro atoms. The van der Waals surface area contributed by atoms with Gasteiger partial charge in [0.15, 0.2) is 12.4 Å². The molecule has 0 N–H and O–H groups in total. The topological polar surface area (TPSA) is 16.8 Å². The van der Waals surface area contributed by atoms with Crippen LogP contribution in [0.1, 0.15) is 183 Å². The molecule has 2 heterocycles. The normalized spacial score (nSPS) is 14.7. The zero-order valence-electron chi connectivity index (χ0n) is 35.3. The fraction of sp³-hybridized carbons (Fsp3) is 0.542. The first-order valence-corrected chi connectivity index (χ1v) is 23.7. The van der Waals surface area contributed by atoms with E-state index in [1.54, 1.807) is 0 Å². The molecule has 2 aromatic carbocycles. The fourth-order valence-electron chi connectivity index (χ4n) is 7.84. The van der Waals surface area contributed by atoms with Crippen LogP contribution in [-0.4, -0.2) is 4.98 Å². The Hall–Kier alpha value is -3.25. The predicted octanol–water partition coefficient (Wildman–Crippen LogP) is 17.5. The van der Waals surface area contributed by atoms with Crippen molar-refractivity contribution in [2.45, 2.75) is 168 Å². The van der Waals surface area contributed by atoms with Crippen molar-refractivity contribution in [1.82, 2.24) is 4.98 Å². The average Bonchev–Trinajstić information content (AvgIpc) is 3.19. The molecule has 0 saturated carbocycles. The second-order valence-corrected chi connectivity index (χ2v) is 17.5. The summed E-state index contributed by atoms with van der Waals surface area (Å²) < 4.78 is 61.5. The van der Waals surface area contributed by atoms with Gasteiger partial charge >= 0.3 is 33.0 Å². The number of hydrogen-bond donors (Lipinski definition) is 0. The number of halogens is 6. The van der Waals surface area contributed by atoms with Crippen molar-refractivity contribution >= 4 is 7.81 Å². The molecular formula is C48H71F6N2P. The van der Waals surface area contributed by atoms with Gasteiger partial charge in [-0.15, -0.1) is 0 Å². The van der Waals surface area contributed by atoms with Gasteiger partial charge in [-0.1, -0.05) is 140 Å². The van der Waals surface area contributed by atoms with Gasteiger partial charge in [-0.25, -0.2) is 4.57 Å². The second kappa shape index (κ2) is 25.3. The number of aromatic nitrogens is 2. The van der Waals surface area contributed by atoms with Crippen molar-refractivity contribution in [1.29, 1.82) is 0 Å². The molecule has 320 valence electrons. The molecule has 0 aliphatic heterocycles. The van der Waals surface area contributed by atoms with Crippen LogP contribution in [0, 0.1) is 0 Å². The molecule has 4 atom stereocenters. The quantitative estimate of drug-likeness (QED) is 0.0414. The first-order chi connectivity index (χ1) is 27.1. The molecule has 0 bridgehead atoms. The molecular weight excluding hydrogens is 750 g/mol. The van der Waals surface area contributed by atoms with Gasteiger partial charge < -0.3 is 0 Å². The number of nitrogens with zero attached hydrogens (tertiary/aromatic N) is 2. The minimum absolute atomic E-state index is 0.695. The summed E-state index contributed by atoms with van der Waals surface area (Å²) in [4.78, 5) is 4.16. The SMILES string of the molecule is CCCC(CCCC(CCC)c1ccncc1)c1ccccc1.CCCC[n+]1ccc(C(CCC)CCCC(CCC)c2ccccc2)cc1.F[P-](F)(F)(F)(F)F. The van der Waals surface area contributed by atoms with Gasteiger partial charge in [0.25, 0.3) is 0 Å². The number of pyridine rings is 2. The summed E-state index contributed by atoms with van der Waals surface area (Å²) in [6.45, 7) is 12.6. The zero-order valence-corrected chi connectivity index (χ0v) is 36.2. The Balaban J connectivity index is 0.000000340. The van der Waals surface area contributed by atoms with E-state index in [9.17, 15) is 25.2 Å². The first kappa shape index (κ1) is 49.9. The Labute approximate surface area is 341 Å². The van der Waals surface area contributed by atoms with Crippen LogP contribution in [0.4, 0.5) is 25.2 Å². The molecule has 57 heavy (non-hydrogen) atoms. The number of unbranched alkanes of at least 4 members (excludes halogenated alkanes) is 1. The van der Waals surface area contributed by atoms with Crippen LogP contribution in [0.2, 0.25) is 0 Å². The summed E-state index contributed by atoms with van der Waals surface area (Å²) in [5.41, 5.74) is 6.05. The van der Waals surface area contributed by atoms with E-state index in [0.29, 0.717) is 11.8 Å². The third-order valence-corrected chi connectivity index (χ3v) is 10.6. The molecule has 2 nitrogen and oxygen atoms in total. The van der Waals surface area contributed by atoms with Crippen molar-refractivity contribution in [3.63, 3.8) is 0 Å². The molecule has 4 aromatic rings. The Bertz CT molecular complexity index is 1510. The Morgan fingerprint density at radius 3 is 1.05 bits per heavy atom. The van der Waals surface area contributed by atoms with E-state index in [4.69, 9.17) is 0 Å². The molecule has 0 aliphatic rings. The summed E-state index contributed by atoms with van der Waals surface area (Å²) in [6.07, 6.45) is 29.1. The number of benzene rings is 2. The van der Waals surface area contributed by atoms with Crippen molar-refractivity contribution < 1.29 is 29.7 Å². The van der Waals surface area contributed by atoms with Crippen LogP contribution < -0.4 is 4.57 Å². The van der Waals surface area contributed by atoms with Crippen molar-refractivity contribution in [2.24, 2.45) is 0 Å². The van der Waals surface area contributed by atoms with Gasteiger partial charge in [-0.05, 0) is 109 Å². The standard InChI is InChI=1S/C26H40N.C22H31N.F6P/c1-4-7-20-27-21-18-26(19-22-27)24(13-6-3)17-11-16-23(12-5-2)25-14-9-8-10-15-25;1-3-9-19(21-11-6-5-7-12-21)13-8-14-20(10-4-2)22-15-17-23-18-16-22;1-7(2,3,4,5)6/h8-10,14-15,18-19,21-24H,4-7,11-13,16-17,20H2,1-3H3;5-7,11-12,15-20H,3-4,8-10,13-14H2,1-2H3;/q+1;;-1. The van der Waals surface area contributed by atoms with Gasteiger partial charge in [0.1, 0.15) is 6.54 Å². The average molecular weight is 821 g/mol. The first-order valence-electron chi connectivity index (χ1n) is 21.6. The molecule has 0 amide bonds. The monoisotopic (exact) mass is 821 g/mol. The second-order valence-electron chi connectivity index (χ2n) is 15.6. The van der Waals surface area contributed by atoms with Gasteiger partial charge in [-0.3, -0.25) is 4.98 Å². The van der Waals surface area contributed by atoms with Crippen LogP contribution in [0.5, 0.6) is 0 Å². The minimum atomic E-state index is -10.7. The Morgan fingerprint density at radius 1 is 0.421 bits per heavy atom. The van der Waals surface area contributed by atoms with Gasteiger partial charge in [0, 0.05) is 30.9 Å². The van der Waals surface area contributed by atoms with E-state index in [1.807, 2.05) is 12.4 Å². The van der Waals surface area contributed by atoms with E-state index in [-0.39, 0.29) is 0 Å². The van der Waals surface area contributed by atoms with Gasteiger partial charge in [0.2, 0.25) is 0 Å². The van der Waals surface area contributed by atoms with E-state index in [0.717, 1.165) is 18.4 Å². The molecule has 0 saturated heterocycles. The summed E-state index contributed by atoms with van der Waals surface area (Å²) in [6, 6.07) is 31.3. The Kier molecular flexibility index (Phi) is 22.1. The number of hydrogen-bond acceptors (Lipinski definition) is 1. The molecule has 4 rings (SSSR count). The maximum atomic E-state index is 9.87. The van der Waals surface area contributed by atoms with Crippen molar-refractivity contribution in [3.05, 3.63) is 132 Å². The van der Waals surface area contributed by atoms with E-state index in [2.05, 4.69) is 141 Å². The van der Waals surface area contributed by atoms with Crippen LogP contribution in [0.15, 0.2) is 110 Å². The van der Waals surface area contributed by atoms with Crippen LogP contribution in [0.25, 0.3) is 0 Å². The molecule has 0 radical (unpaired) electrons. The molecule has 4 unspecified atom stereocenters. The van der Waals surface area contributed by atoms with E-state index >= 15 is 0 Å². The molecule has 0 aliphatic carbocycles. The van der Waals surface area contributed by atoms with Crippen molar-refractivity contribution in [2.75, 3.05) is 0 Å². The zero-order chi connectivity index (χ0) is 42.1. The third-order valence-electron chi connectivity index (χ3n) is 10.6. The summed E-state index contributed by atoms with van der Waals surface area (Å²) >= 11 is 0.